The highest BCUT2D eigenvalue weighted by Gasteiger charge is 2.44. The number of hydrogen-bond donors (Lipinski definition) is 4. The van der Waals surface area contributed by atoms with Gasteiger partial charge >= 0.3 is 11.9 Å². The lowest BCUT2D eigenvalue weighted by Gasteiger charge is -2.39. The number of esters is 2. The molecule has 1 aliphatic heterocycles. The first kappa shape index (κ1) is 47.2. The van der Waals surface area contributed by atoms with E-state index in [1.807, 2.05) is 0 Å². The van der Waals surface area contributed by atoms with Crippen molar-refractivity contribution in [2.45, 2.75) is 205 Å². The lowest BCUT2D eigenvalue weighted by atomic mass is 9.99. The Hall–Kier alpha value is -1.82. The predicted octanol–water partition coefficient (Wildman–Crippen LogP) is 7.77. The number of aliphatic hydroxyl groups is 4. The van der Waals surface area contributed by atoms with Crippen molar-refractivity contribution in [1.29, 1.82) is 0 Å². The molecule has 0 spiro atoms. The van der Waals surface area contributed by atoms with Gasteiger partial charge in [-0.15, -0.1) is 0 Å². The van der Waals surface area contributed by atoms with Crippen LogP contribution in [0.1, 0.15) is 168 Å². The summed E-state index contributed by atoms with van der Waals surface area (Å²) in [6.45, 7) is 3.37. The van der Waals surface area contributed by atoms with Gasteiger partial charge < -0.3 is 39.4 Å². The van der Waals surface area contributed by atoms with Gasteiger partial charge in [0.25, 0.3) is 0 Å². The molecule has 298 valence electrons. The molecule has 6 atom stereocenters. The van der Waals surface area contributed by atoms with E-state index in [4.69, 9.17) is 18.9 Å². The molecule has 10 nitrogen and oxygen atoms in total. The molecular formula is C41H74O10. The van der Waals surface area contributed by atoms with Crippen molar-refractivity contribution >= 4 is 11.9 Å². The Morgan fingerprint density at radius 3 is 1.61 bits per heavy atom. The minimum absolute atomic E-state index is 0.222. The van der Waals surface area contributed by atoms with Gasteiger partial charge in [0.1, 0.15) is 31.0 Å². The van der Waals surface area contributed by atoms with Crippen LogP contribution >= 0.6 is 0 Å². The molecule has 0 radical (unpaired) electrons. The van der Waals surface area contributed by atoms with Crippen molar-refractivity contribution in [3.63, 3.8) is 0 Å². The summed E-state index contributed by atoms with van der Waals surface area (Å²) in [5.74, 6) is -0.823. The van der Waals surface area contributed by atoms with Crippen molar-refractivity contribution in [3.8, 4) is 0 Å². The Bertz CT molecular complexity index is 892. The van der Waals surface area contributed by atoms with Gasteiger partial charge in [0.05, 0.1) is 13.2 Å². The lowest BCUT2D eigenvalue weighted by molar-refractivity contribution is -0.305. The Morgan fingerprint density at radius 2 is 1.08 bits per heavy atom. The number of unbranched alkanes of at least 4 members (excludes halogenated alkanes) is 19. The second kappa shape index (κ2) is 32.8. The van der Waals surface area contributed by atoms with Crippen LogP contribution in [0, 0.1) is 0 Å². The minimum atomic E-state index is -1.59. The van der Waals surface area contributed by atoms with Crippen LogP contribution in [0.5, 0.6) is 0 Å². The quantitative estimate of drug-likeness (QED) is 0.0300. The highest BCUT2D eigenvalue weighted by Crippen LogP contribution is 2.22. The van der Waals surface area contributed by atoms with E-state index in [2.05, 4.69) is 38.2 Å². The van der Waals surface area contributed by atoms with Gasteiger partial charge in [-0.25, -0.2) is 0 Å². The first-order valence-corrected chi connectivity index (χ1v) is 20.4. The molecule has 4 N–H and O–H groups in total. The Kier molecular flexibility index (Phi) is 30.4. The van der Waals surface area contributed by atoms with E-state index in [1.54, 1.807) is 0 Å². The van der Waals surface area contributed by atoms with Crippen LogP contribution in [0.4, 0.5) is 0 Å². The lowest BCUT2D eigenvalue weighted by Crippen LogP contribution is -2.59. The van der Waals surface area contributed by atoms with Crippen LogP contribution in [0.3, 0.4) is 0 Å². The first-order chi connectivity index (χ1) is 24.8. The van der Waals surface area contributed by atoms with Gasteiger partial charge in [0, 0.05) is 12.8 Å². The number of ether oxygens (including phenoxy) is 4. The monoisotopic (exact) mass is 727 g/mol. The zero-order chi connectivity index (χ0) is 37.4. The fourth-order valence-corrected chi connectivity index (χ4v) is 6.06. The summed E-state index contributed by atoms with van der Waals surface area (Å²) < 4.78 is 22.1. The molecule has 0 aromatic rings. The van der Waals surface area contributed by atoms with E-state index in [0.29, 0.717) is 12.8 Å². The number of allylic oxidation sites excluding steroid dienone is 4. The number of rotatable bonds is 33. The van der Waals surface area contributed by atoms with Gasteiger partial charge in [-0.2, -0.15) is 0 Å². The molecule has 2 unspecified atom stereocenters. The van der Waals surface area contributed by atoms with Crippen molar-refractivity contribution in [3.05, 3.63) is 24.3 Å². The molecule has 0 aliphatic carbocycles. The number of carbonyl (C=O) groups excluding carboxylic acids is 2. The van der Waals surface area contributed by atoms with E-state index in [-0.39, 0.29) is 26.1 Å². The Labute approximate surface area is 309 Å². The number of carbonyl (C=O) groups is 2. The second-order valence-corrected chi connectivity index (χ2v) is 14.1. The topological polar surface area (TPSA) is 152 Å². The maximum atomic E-state index is 12.7. The van der Waals surface area contributed by atoms with Crippen LogP contribution in [0.15, 0.2) is 24.3 Å². The van der Waals surface area contributed by atoms with Crippen molar-refractivity contribution < 1.29 is 49.0 Å². The largest absolute Gasteiger partial charge is 0.462 e. The maximum Gasteiger partial charge on any atom is 0.306 e. The molecule has 0 bridgehead atoms. The van der Waals surface area contributed by atoms with Crippen molar-refractivity contribution in [1.82, 2.24) is 0 Å². The highest BCUT2D eigenvalue weighted by molar-refractivity contribution is 5.70. The molecule has 0 amide bonds. The van der Waals surface area contributed by atoms with Crippen molar-refractivity contribution in [2.75, 3.05) is 19.8 Å². The van der Waals surface area contributed by atoms with E-state index < -0.39 is 55.4 Å². The smallest absolute Gasteiger partial charge is 0.306 e. The van der Waals surface area contributed by atoms with Crippen LogP contribution in [-0.2, 0) is 28.5 Å². The Balaban J connectivity index is 2.38. The molecule has 1 rings (SSSR count). The zero-order valence-corrected chi connectivity index (χ0v) is 32.1. The van der Waals surface area contributed by atoms with Gasteiger partial charge in [-0.1, -0.05) is 141 Å². The fraction of sp³-hybridized carbons (Fsp3) is 0.854. The first-order valence-electron chi connectivity index (χ1n) is 20.4. The molecule has 1 heterocycles. The summed E-state index contributed by atoms with van der Waals surface area (Å²) in [7, 11) is 0. The maximum absolute atomic E-state index is 12.7. The normalized spacial score (nSPS) is 21.4. The van der Waals surface area contributed by atoms with Crippen LogP contribution in [0.25, 0.3) is 0 Å². The number of hydrogen-bond acceptors (Lipinski definition) is 10. The molecule has 1 saturated heterocycles. The second-order valence-electron chi connectivity index (χ2n) is 14.1. The van der Waals surface area contributed by atoms with E-state index in [0.717, 1.165) is 57.8 Å². The zero-order valence-electron chi connectivity index (χ0n) is 32.1. The van der Waals surface area contributed by atoms with Gasteiger partial charge in [-0.3, -0.25) is 9.59 Å². The third-order valence-electron chi connectivity index (χ3n) is 9.37. The van der Waals surface area contributed by atoms with Crippen molar-refractivity contribution in [2.24, 2.45) is 0 Å². The molecule has 1 fully saturated rings. The molecular weight excluding hydrogens is 652 g/mol. The predicted molar refractivity (Wildman–Crippen MR) is 201 cm³/mol. The van der Waals surface area contributed by atoms with E-state index >= 15 is 0 Å². The molecule has 0 aromatic carbocycles. The molecule has 0 aromatic heterocycles. The van der Waals surface area contributed by atoms with Crippen LogP contribution in [-0.4, -0.2) is 89.0 Å². The summed E-state index contributed by atoms with van der Waals surface area (Å²) in [6.07, 6.45) is 26.1. The average molecular weight is 727 g/mol. The third-order valence-corrected chi connectivity index (χ3v) is 9.37. The summed E-state index contributed by atoms with van der Waals surface area (Å²) in [5.41, 5.74) is 0. The summed E-state index contributed by atoms with van der Waals surface area (Å²) >= 11 is 0. The fourth-order valence-electron chi connectivity index (χ4n) is 6.06. The molecule has 51 heavy (non-hydrogen) atoms. The molecule has 0 saturated carbocycles. The SMILES string of the molecule is CCCCCC/C=C/C=C/CCCCCCCC(=O)OC[C@@H](CO[C@H]1O[C@@H](CO)[C@@H](O)C(O)C1O)OC(=O)CCCCCCCCCCCCC. The van der Waals surface area contributed by atoms with Crippen LogP contribution in [0.2, 0.25) is 0 Å². The average Bonchev–Trinajstić information content (AvgIpc) is 3.13. The van der Waals surface area contributed by atoms with Gasteiger partial charge in [-0.05, 0) is 38.5 Å². The van der Waals surface area contributed by atoms with Gasteiger partial charge in [0.2, 0.25) is 0 Å². The number of aliphatic hydroxyl groups excluding tert-OH is 4. The van der Waals surface area contributed by atoms with Gasteiger partial charge in [0.15, 0.2) is 12.4 Å². The van der Waals surface area contributed by atoms with Crippen LogP contribution < -0.4 is 0 Å². The summed E-state index contributed by atoms with van der Waals surface area (Å²) in [5, 5.41) is 39.9. The highest BCUT2D eigenvalue weighted by atomic mass is 16.7. The standard InChI is InChI=1S/C41H74O10/c1-3-5-7-9-11-13-15-16-17-18-20-21-23-25-27-29-36(43)48-32-34(33-49-41-40(47)39(46)38(45)35(31-42)51-41)50-37(44)30-28-26-24-22-19-14-12-10-8-6-4-2/h13,15-17,34-35,38-42,45-47H,3-12,14,18-33H2,1-2H3/b15-13+,17-16+/t34-,35-,38+,39?,40?,41-/m0/s1. The van der Waals surface area contributed by atoms with E-state index in [1.165, 1.54) is 70.6 Å². The van der Waals surface area contributed by atoms with E-state index in [9.17, 15) is 30.0 Å². The molecule has 1 aliphatic rings. The third kappa shape index (κ3) is 24.9. The Morgan fingerprint density at radius 1 is 0.608 bits per heavy atom. The summed E-state index contributed by atoms with van der Waals surface area (Å²) in [6, 6.07) is 0. The summed E-state index contributed by atoms with van der Waals surface area (Å²) in [4.78, 5) is 25.2. The molecule has 10 heteroatoms. The minimum Gasteiger partial charge on any atom is -0.462 e.